The molecular weight excluding hydrogens is 264 g/mol. The Hall–Kier alpha value is -2.28. The van der Waals surface area contributed by atoms with Gasteiger partial charge in [0, 0.05) is 0 Å². The lowest BCUT2D eigenvalue weighted by Gasteiger charge is -2.16. The number of ether oxygens (including phenoxy) is 1. The lowest BCUT2D eigenvalue weighted by Crippen LogP contribution is -2.26. The van der Waals surface area contributed by atoms with Crippen LogP contribution in [0.2, 0.25) is 0 Å². The molecule has 4 atom stereocenters. The number of fused-ring (bicyclic) bond motifs is 1. The van der Waals surface area contributed by atoms with Gasteiger partial charge in [-0.15, -0.1) is 0 Å². The molecule has 104 valence electrons. The van der Waals surface area contributed by atoms with E-state index in [2.05, 4.69) is 15.0 Å². The summed E-state index contributed by atoms with van der Waals surface area (Å²) < 4.78 is 7.00. The van der Waals surface area contributed by atoms with Crippen LogP contribution in [0.4, 0.5) is 5.82 Å². The number of aromatic nitrogens is 4. The quantitative estimate of drug-likeness (QED) is 0.620. The zero-order valence-electron chi connectivity index (χ0n) is 10.3. The van der Waals surface area contributed by atoms with Crippen LogP contribution >= 0.6 is 0 Å². The van der Waals surface area contributed by atoms with Gasteiger partial charge in [0.05, 0.1) is 19.0 Å². The molecule has 3 heterocycles. The van der Waals surface area contributed by atoms with E-state index in [4.69, 9.17) is 15.7 Å². The number of nitrogen functional groups attached to an aromatic ring is 1. The molecule has 3 rings (SSSR count). The first-order chi connectivity index (χ1) is 9.67. The van der Waals surface area contributed by atoms with Crippen LogP contribution in [0.15, 0.2) is 12.7 Å². The number of aliphatic hydroxyl groups is 2. The monoisotopic (exact) mass is 276 g/mol. The summed E-state index contributed by atoms with van der Waals surface area (Å²) in [5.41, 5.74) is 6.48. The van der Waals surface area contributed by atoms with Crippen LogP contribution in [0.3, 0.4) is 0 Å². The van der Waals surface area contributed by atoms with Crippen LogP contribution in [0, 0.1) is 17.2 Å². The van der Waals surface area contributed by atoms with Crippen molar-refractivity contribution in [1.29, 1.82) is 5.26 Å². The molecular formula is C11H12N6O3. The summed E-state index contributed by atoms with van der Waals surface area (Å²) in [6, 6.07) is 1.94. The maximum Gasteiger partial charge on any atom is 0.167 e. The first-order valence-corrected chi connectivity index (χ1v) is 5.94. The summed E-state index contributed by atoms with van der Waals surface area (Å²) in [6.45, 7) is -0.352. The Kier molecular flexibility index (Phi) is 2.98. The number of rotatable bonds is 2. The summed E-state index contributed by atoms with van der Waals surface area (Å²) in [6.07, 6.45) is -0.00115. The molecule has 0 saturated carbocycles. The largest absolute Gasteiger partial charge is 0.394 e. The fourth-order valence-corrected chi connectivity index (χ4v) is 2.34. The first kappa shape index (κ1) is 12.7. The van der Waals surface area contributed by atoms with E-state index in [0.29, 0.717) is 11.2 Å². The SMILES string of the molecule is N#C[C@H]1[C@@H](O)[C@H](n2cnc3c(N)ncnc32)O[C@@H]1CO. The standard InChI is InChI=1S/C11H12N6O3/c12-1-5-6(2-18)20-11(8(5)19)17-4-16-7-9(13)14-3-15-10(7)17/h3-6,8,11,18-19H,2H2,(H2,13,14,15)/t5-,6-,8-,11-/m1/s1. The fraction of sp³-hybridized carbons (Fsp3) is 0.455. The zero-order chi connectivity index (χ0) is 14.3. The Bertz CT molecular complexity index is 680. The molecule has 0 aromatic carbocycles. The number of hydrogen-bond acceptors (Lipinski definition) is 8. The summed E-state index contributed by atoms with van der Waals surface area (Å²) >= 11 is 0. The van der Waals surface area contributed by atoms with Crippen molar-refractivity contribution in [2.24, 2.45) is 5.92 Å². The van der Waals surface area contributed by atoms with Crippen molar-refractivity contribution in [3.63, 3.8) is 0 Å². The molecule has 1 aliphatic heterocycles. The average molecular weight is 276 g/mol. The predicted molar refractivity (Wildman–Crippen MR) is 65.8 cm³/mol. The van der Waals surface area contributed by atoms with E-state index in [-0.39, 0.29) is 12.4 Å². The van der Waals surface area contributed by atoms with Gasteiger partial charge in [-0.05, 0) is 0 Å². The van der Waals surface area contributed by atoms with Gasteiger partial charge in [0.25, 0.3) is 0 Å². The van der Waals surface area contributed by atoms with E-state index in [0.717, 1.165) is 0 Å². The molecule has 0 aliphatic carbocycles. The minimum Gasteiger partial charge on any atom is -0.394 e. The van der Waals surface area contributed by atoms with E-state index in [1.807, 2.05) is 6.07 Å². The second-order valence-corrected chi connectivity index (χ2v) is 4.48. The van der Waals surface area contributed by atoms with E-state index in [1.54, 1.807) is 0 Å². The van der Waals surface area contributed by atoms with Gasteiger partial charge < -0.3 is 20.7 Å². The van der Waals surface area contributed by atoms with Crippen molar-refractivity contribution in [2.45, 2.75) is 18.4 Å². The maximum atomic E-state index is 10.2. The molecule has 9 heteroatoms. The van der Waals surface area contributed by atoms with Crippen molar-refractivity contribution in [1.82, 2.24) is 19.5 Å². The second-order valence-electron chi connectivity index (χ2n) is 4.48. The summed E-state index contributed by atoms with van der Waals surface area (Å²) in [4.78, 5) is 12.0. The minimum absolute atomic E-state index is 0.219. The topological polar surface area (TPSA) is 143 Å². The van der Waals surface area contributed by atoms with Gasteiger partial charge in [0.15, 0.2) is 17.7 Å². The zero-order valence-corrected chi connectivity index (χ0v) is 10.3. The maximum absolute atomic E-state index is 10.2. The normalized spacial score (nSPS) is 29.6. The van der Waals surface area contributed by atoms with Gasteiger partial charge in [0.1, 0.15) is 30.0 Å². The molecule has 0 amide bonds. The number of imidazole rings is 1. The van der Waals surface area contributed by atoms with Crippen LogP contribution in [0.25, 0.3) is 11.2 Å². The van der Waals surface area contributed by atoms with Crippen LogP contribution < -0.4 is 5.73 Å². The molecule has 20 heavy (non-hydrogen) atoms. The highest BCUT2D eigenvalue weighted by Crippen LogP contribution is 2.35. The average Bonchev–Trinajstić information content (AvgIpc) is 3.00. The highest BCUT2D eigenvalue weighted by molar-refractivity contribution is 5.81. The molecule has 9 nitrogen and oxygen atoms in total. The van der Waals surface area contributed by atoms with Crippen molar-refractivity contribution < 1.29 is 14.9 Å². The van der Waals surface area contributed by atoms with Crippen molar-refractivity contribution in [2.75, 3.05) is 12.3 Å². The van der Waals surface area contributed by atoms with Crippen LogP contribution in [0.1, 0.15) is 6.23 Å². The van der Waals surface area contributed by atoms with E-state index >= 15 is 0 Å². The number of nitrogens with two attached hydrogens (primary N) is 1. The van der Waals surface area contributed by atoms with Crippen LogP contribution in [-0.2, 0) is 4.74 Å². The van der Waals surface area contributed by atoms with Crippen LogP contribution in [0.5, 0.6) is 0 Å². The smallest absolute Gasteiger partial charge is 0.167 e. The number of aliphatic hydroxyl groups excluding tert-OH is 2. The number of nitriles is 1. The molecule has 2 aromatic rings. The van der Waals surface area contributed by atoms with Crippen LogP contribution in [-0.4, -0.2) is 48.5 Å². The highest BCUT2D eigenvalue weighted by Gasteiger charge is 2.45. The molecule has 2 aromatic heterocycles. The fourth-order valence-electron chi connectivity index (χ4n) is 2.34. The van der Waals surface area contributed by atoms with Gasteiger partial charge in [-0.2, -0.15) is 5.26 Å². The third-order valence-electron chi connectivity index (χ3n) is 3.37. The second kappa shape index (κ2) is 4.68. The van der Waals surface area contributed by atoms with E-state index in [1.165, 1.54) is 17.2 Å². The van der Waals surface area contributed by atoms with Gasteiger partial charge in [-0.25, -0.2) is 15.0 Å². The van der Waals surface area contributed by atoms with E-state index < -0.39 is 24.4 Å². The van der Waals surface area contributed by atoms with Crippen molar-refractivity contribution in [3.8, 4) is 6.07 Å². The Morgan fingerprint density at radius 2 is 2.25 bits per heavy atom. The molecule has 0 bridgehead atoms. The molecule has 0 radical (unpaired) electrons. The Morgan fingerprint density at radius 1 is 1.45 bits per heavy atom. The molecule has 4 N–H and O–H groups in total. The number of hydrogen-bond donors (Lipinski definition) is 3. The number of nitrogens with zero attached hydrogens (tertiary/aromatic N) is 5. The Balaban J connectivity index is 2.04. The summed E-state index contributed by atoms with van der Waals surface area (Å²) in [5, 5.41) is 28.4. The molecule has 0 unspecified atom stereocenters. The predicted octanol–water partition coefficient (Wildman–Crippen LogP) is -1.20. The molecule has 1 aliphatic rings. The van der Waals surface area contributed by atoms with Gasteiger partial charge >= 0.3 is 0 Å². The molecule has 1 saturated heterocycles. The van der Waals surface area contributed by atoms with Crippen molar-refractivity contribution in [3.05, 3.63) is 12.7 Å². The first-order valence-electron chi connectivity index (χ1n) is 5.94. The third kappa shape index (κ3) is 1.70. The summed E-state index contributed by atoms with van der Waals surface area (Å²) in [5.74, 6) is -0.599. The minimum atomic E-state index is -1.09. The van der Waals surface area contributed by atoms with Gasteiger partial charge in [-0.3, -0.25) is 4.57 Å². The van der Waals surface area contributed by atoms with Gasteiger partial charge in [-0.1, -0.05) is 0 Å². The lowest BCUT2D eigenvalue weighted by molar-refractivity contribution is -0.0489. The third-order valence-corrected chi connectivity index (χ3v) is 3.37. The Morgan fingerprint density at radius 3 is 2.90 bits per heavy atom. The Labute approximate surface area is 113 Å². The van der Waals surface area contributed by atoms with E-state index in [9.17, 15) is 10.2 Å². The lowest BCUT2D eigenvalue weighted by atomic mass is 10.0. The number of anilines is 1. The summed E-state index contributed by atoms with van der Waals surface area (Å²) in [7, 11) is 0. The molecule has 1 fully saturated rings. The van der Waals surface area contributed by atoms with Crippen molar-refractivity contribution >= 4 is 17.0 Å². The molecule has 0 spiro atoms. The van der Waals surface area contributed by atoms with Gasteiger partial charge in [0.2, 0.25) is 0 Å². The highest BCUT2D eigenvalue weighted by atomic mass is 16.5.